The summed E-state index contributed by atoms with van der Waals surface area (Å²) in [5.74, 6) is 0.552. The highest BCUT2D eigenvalue weighted by molar-refractivity contribution is 7.96. The Kier molecular flexibility index (Phi) is 2.45. The van der Waals surface area contributed by atoms with Crippen LogP contribution in [0.3, 0.4) is 0 Å². The standard InChI is InChI=1S/C8H5BN2O2S/c9-8-2-1-7(13-8)6-3-5(4-12)10-14-11-6/h1-4,10H. The van der Waals surface area contributed by atoms with E-state index < -0.39 is 0 Å². The molecule has 0 unspecified atom stereocenters. The van der Waals surface area contributed by atoms with Gasteiger partial charge in [0.25, 0.3) is 0 Å². The Balaban J connectivity index is 2.31. The summed E-state index contributed by atoms with van der Waals surface area (Å²) in [5, 5.41) is 0. The Morgan fingerprint density at radius 1 is 1.57 bits per heavy atom. The molecule has 14 heavy (non-hydrogen) atoms. The third kappa shape index (κ3) is 1.74. The first-order valence-electron chi connectivity index (χ1n) is 3.82. The minimum Gasteiger partial charge on any atom is -0.471 e. The lowest BCUT2D eigenvalue weighted by molar-refractivity contribution is -0.105. The summed E-state index contributed by atoms with van der Waals surface area (Å²) in [7, 11) is 5.42. The van der Waals surface area contributed by atoms with Crippen LogP contribution < -0.4 is 10.4 Å². The molecular weight excluding hydrogens is 199 g/mol. The largest absolute Gasteiger partial charge is 0.471 e. The third-order valence-corrected chi connectivity index (χ3v) is 2.22. The van der Waals surface area contributed by atoms with Gasteiger partial charge in [-0.05, 0) is 18.2 Å². The summed E-state index contributed by atoms with van der Waals surface area (Å²) in [6, 6.07) is 3.35. The molecule has 1 aliphatic rings. The van der Waals surface area contributed by atoms with Crippen molar-refractivity contribution < 1.29 is 9.21 Å². The Morgan fingerprint density at radius 2 is 2.43 bits per heavy atom. The number of carbonyl (C=O) groups is 1. The number of furan rings is 1. The van der Waals surface area contributed by atoms with Crippen molar-refractivity contribution >= 4 is 37.6 Å². The molecule has 1 aromatic rings. The van der Waals surface area contributed by atoms with Crippen LogP contribution in [0.4, 0.5) is 0 Å². The predicted molar refractivity (Wildman–Crippen MR) is 55.5 cm³/mol. The van der Waals surface area contributed by atoms with Crippen molar-refractivity contribution in [3.8, 4) is 0 Å². The fraction of sp³-hybridized carbons (Fsp3) is 0. The molecule has 0 amide bonds. The molecule has 0 bridgehead atoms. The lowest BCUT2D eigenvalue weighted by Gasteiger charge is -2.07. The molecule has 0 fully saturated rings. The van der Waals surface area contributed by atoms with E-state index >= 15 is 0 Å². The summed E-state index contributed by atoms with van der Waals surface area (Å²) >= 11 is 1.08. The van der Waals surface area contributed by atoms with Crippen molar-refractivity contribution in [2.75, 3.05) is 0 Å². The molecule has 0 aromatic carbocycles. The summed E-state index contributed by atoms with van der Waals surface area (Å²) in [6.07, 6.45) is 2.32. The second-order valence-electron chi connectivity index (χ2n) is 2.59. The molecule has 0 spiro atoms. The zero-order valence-electron chi connectivity index (χ0n) is 7.06. The summed E-state index contributed by atoms with van der Waals surface area (Å²) in [6.45, 7) is 0. The van der Waals surface area contributed by atoms with Crippen molar-refractivity contribution in [1.29, 1.82) is 0 Å². The van der Waals surface area contributed by atoms with E-state index in [-0.39, 0.29) is 0 Å². The zero-order chi connectivity index (χ0) is 9.97. The van der Waals surface area contributed by atoms with Crippen molar-refractivity contribution in [2.45, 2.75) is 0 Å². The highest BCUT2D eigenvalue weighted by Crippen LogP contribution is 2.13. The van der Waals surface area contributed by atoms with Crippen LogP contribution in [0, 0.1) is 0 Å². The van der Waals surface area contributed by atoms with Crippen LogP contribution in [-0.4, -0.2) is 19.8 Å². The second-order valence-corrected chi connectivity index (χ2v) is 3.16. The number of allylic oxidation sites excluding steroid dienone is 2. The normalized spacial score (nSPS) is 15.4. The van der Waals surface area contributed by atoms with E-state index in [1.807, 2.05) is 0 Å². The monoisotopic (exact) mass is 204 g/mol. The maximum Gasteiger partial charge on any atom is 0.167 e. The average molecular weight is 204 g/mol. The first kappa shape index (κ1) is 9.14. The molecule has 0 aliphatic carbocycles. The van der Waals surface area contributed by atoms with Crippen LogP contribution in [0.15, 0.2) is 32.7 Å². The number of aldehydes is 1. The molecule has 68 valence electrons. The number of nitrogens with zero attached hydrogens (tertiary/aromatic N) is 1. The van der Waals surface area contributed by atoms with Gasteiger partial charge in [-0.25, -0.2) is 0 Å². The van der Waals surface area contributed by atoms with E-state index in [1.54, 1.807) is 18.2 Å². The van der Waals surface area contributed by atoms with Gasteiger partial charge in [-0.1, -0.05) is 0 Å². The highest BCUT2D eigenvalue weighted by atomic mass is 32.2. The molecule has 0 saturated carbocycles. The van der Waals surface area contributed by atoms with Crippen LogP contribution in [0.5, 0.6) is 0 Å². The number of hydrogen-bond donors (Lipinski definition) is 1. The van der Waals surface area contributed by atoms with E-state index in [0.29, 0.717) is 29.1 Å². The van der Waals surface area contributed by atoms with E-state index in [4.69, 9.17) is 12.3 Å². The van der Waals surface area contributed by atoms with E-state index in [1.165, 1.54) is 0 Å². The zero-order valence-corrected chi connectivity index (χ0v) is 7.88. The Morgan fingerprint density at radius 3 is 3.07 bits per heavy atom. The van der Waals surface area contributed by atoms with Crippen molar-refractivity contribution in [1.82, 2.24) is 4.72 Å². The molecule has 0 atom stereocenters. The molecule has 2 heterocycles. The van der Waals surface area contributed by atoms with Gasteiger partial charge in [-0.2, -0.15) is 4.40 Å². The molecule has 1 aliphatic heterocycles. The van der Waals surface area contributed by atoms with Crippen molar-refractivity contribution in [2.24, 2.45) is 4.40 Å². The lowest BCUT2D eigenvalue weighted by Crippen LogP contribution is -2.12. The molecule has 2 radical (unpaired) electrons. The number of carbonyl (C=O) groups excluding carboxylic acids is 1. The lowest BCUT2D eigenvalue weighted by atomic mass is 10.1. The number of hydrogen-bond acceptors (Lipinski definition) is 5. The maximum absolute atomic E-state index is 10.5. The van der Waals surface area contributed by atoms with E-state index in [0.717, 1.165) is 12.1 Å². The first-order valence-corrected chi connectivity index (χ1v) is 4.59. The van der Waals surface area contributed by atoms with Gasteiger partial charge in [0.1, 0.15) is 5.71 Å². The third-order valence-electron chi connectivity index (χ3n) is 1.61. The SMILES string of the molecule is [B]c1ccc(C2=NSNC(C=O)=C2)o1. The van der Waals surface area contributed by atoms with Crippen molar-refractivity contribution in [3.63, 3.8) is 0 Å². The molecule has 6 heteroatoms. The van der Waals surface area contributed by atoms with Gasteiger partial charge >= 0.3 is 0 Å². The fourth-order valence-corrected chi connectivity index (χ4v) is 1.49. The number of nitrogens with one attached hydrogen (secondary N) is 1. The predicted octanol–water partition coefficient (Wildman–Crippen LogP) is 0.112. The molecule has 1 N–H and O–H groups in total. The second kappa shape index (κ2) is 3.75. The van der Waals surface area contributed by atoms with Gasteiger partial charge in [0.05, 0.1) is 17.8 Å². The van der Waals surface area contributed by atoms with E-state index in [9.17, 15) is 4.79 Å². The van der Waals surface area contributed by atoms with Crippen molar-refractivity contribution in [3.05, 3.63) is 29.7 Å². The molecule has 4 nitrogen and oxygen atoms in total. The molecule has 2 rings (SSSR count). The quantitative estimate of drug-likeness (QED) is 0.422. The van der Waals surface area contributed by atoms with Gasteiger partial charge in [-0.3, -0.25) is 4.79 Å². The molecular formula is C8H5BN2O2S. The van der Waals surface area contributed by atoms with Crippen LogP contribution >= 0.6 is 12.1 Å². The van der Waals surface area contributed by atoms with Gasteiger partial charge in [0.15, 0.2) is 19.9 Å². The first-order chi connectivity index (χ1) is 6.79. The van der Waals surface area contributed by atoms with Crippen LogP contribution in [0.2, 0.25) is 0 Å². The Labute approximate surface area is 86.1 Å². The smallest absolute Gasteiger partial charge is 0.167 e. The van der Waals surface area contributed by atoms with Gasteiger partial charge < -0.3 is 9.14 Å². The summed E-state index contributed by atoms with van der Waals surface area (Å²) in [5.41, 5.74) is 1.37. The average Bonchev–Trinajstić information content (AvgIpc) is 2.65. The van der Waals surface area contributed by atoms with Crippen LogP contribution in [0.1, 0.15) is 5.76 Å². The summed E-state index contributed by atoms with van der Waals surface area (Å²) < 4.78 is 11.9. The Hall–Kier alpha value is -1.43. The summed E-state index contributed by atoms with van der Waals surface area (Å²) in [4.78, 5) is 10.5. The maximum atomic E-state index is 10.5. The molecule has 0 saturated heterocycles. The van der Waals surface area contributed by atoms with Crippen LogP contribution in [0.25, 0.3) is 0 Å². The highest BCUT2D eigenvalue weighted by Gasteiger charge is 2.11. The Bertz CT molecular complexity index is 425. The van der Waals surface area contributed by atoms with Gasteiger partial charge in [-0.15, -0.1) is 0 Å². The van der Waals surface area contributed by atoms with Gasteiger partial charge in [0, 0.05) is 5.66 Å². The molecule has 1 aromatic heterocycles. The topological polar surface area (TPSA) is 54.6 Å². The van der Waals surface area contributed by atoms with E-state index in [2.05, 4.69) is 9.12 Å². The fourth-order valence-electron chi connectivity index (χ4n) is 0.992. The number of rotatable bonds is 2. The minimum atomic E-state index is 0.326. The van der Waals surface area contributed by atoms with Crippen LogP contribution in [-0.2, 0) is 4.79 Å². The van der Waals surface area contributed by atoms with Gasteiger partial charge in [0.2, 0.25) is 0 Å². The minimum absolute atomic E-state index is 0.326.